The molecular formula is C36H44N4O6+2. The fourth-order valence-electron chi connectivity index (χ4n) is 4.48. The van der Waals surface area contributed by atoms with E-state index in [1.54, 1.807) is 0 Å². The Labute approximate surface area is 270 Å². The first-order valence-corrected chi connectivity index (χ1v) is 15.6. The van der Waals surface area contributed by atoms with Gasteiger partial charge < -0.3 is 29.6 Å². The summed E-state index contributed by atoms with van der Waals surface area (Å²) in [5.74, 6) is -1.40. The number of hydrogen-bond acceptors (Lipinski definition) is 6. The number of ether oxygens (including phenoxy) is 4. The number of hydrogen-bond donors (Lipinski definition) is 2. The van der Waals surface area contributed by atoms with Crippen molar-refractivity contribution in [1.82, 2.24) is 10.6 Å². The van der Waals surface area contributed by atoms with Crippen molar-refractivity contribution in [2.75, 3.05) is 65.9 Å². The van der Waals surface area contributed by atoms with Gasteiger partial charge >= 0.3 is 11.8 Å². The van der Waals surface area contributed by atoms with Gasteiger partial charge in [-0.2, -0.15) is 0 Å². The lowest BCUT2D eigenvalue weighted by Gasteiger charge is -2.08. The highest BCUT2D eigenvalue weighted by Crippen LogP contribution is 2.17. The Bertz CT molecular complexity index is 1310. The van der Waals surface area contributed by atoms with Crippen molar-refractivity contribution in [1.29, 1.82) is 0 Å². The predicted molar refractivity (Wildman–Crippen MR) is 173 cm³/mol. The van der Waals surface area contributed by atoms with Gasteiger partial charge in [-0.15, -0.1) is 0 Å². The van der Waals surface area contributed by atoms with Crippen LogP contribution in [0.25, 0.3) is 22.3 Å². The van der Waals surface area contributed by atoms with Crippen LogP contribution in [0.2, 0.25) is 0 Å². The lowest BCUT2D eigenvalue weighted by Crippen LogP contribution is -2.42. The third-order valence-electron chi connectivity index (χ3n) is 7.00. The fraction of sp³-hybridized carbons (Fsp3) is 0.333. The first kappa shape index (κ1) is 34.4. The number of rotatable bonds is 20. The highest BCUT2D eigenvalue weighted by atomic mass is 16.5. The van der Waals surface area contributed by atoms with Crippen LogP contribution in [0.5, 0.6) is 0 Å². The maximum Gasteiger partial charge on any atom is 0.309 e. The van der Waals surface area contributed by atoms with Gasteiger partial charge in [0.1, 0.15) is 13.2 Å². The Morgan fingerprint density at radius 3 is 1.13 bits per heavy atom. The van der Waals surface area contributed by atoms with Gasteiger partial charge in [-0.3, -0.25) is 9.59 Å². The van der Waals surface area contributed by atoms with E-state index in [1.807, 2.05) is 61.2 Å². The zero-order valence-electron chi connectivity index (χ0n) is 26.2. The number of pyridine rings is 2. The van der Waals surface area contributed by atoms with E-state index in [-0.39, 0.29) is 13.1 Å². The van der Waals surface area contributed by atoms with Crippen LogP contribution in [0.3, 0.4) is 0 Å². The van der Waals surface area contributed by atoms with E-state index in [9.17, 15) is 9.59 Å². The highest BCUT2D eigenvalue weighted by molar-refractivity contribution is 6.35. The van der Waals surface area contributed by atoms with Crippen LogP contribution in [-0.2, 0) is 41.6 Å². The second-order valence-electron chi connectivity index (χ2n) is 10.3. The zero-order valence-corrected chi connectivity index (χ0v) is 26.2. The molecule has 0 fully saturated rings. The van der Waals surface area contributed by atoms with E-state index >= 15 is 0 Å². The van der Waals surface area contributed by atoms with Crippen molar-refractivity contribution in [3.8, 4) is 22.3 Å². The van der Waals surface area contributed by atoms with Crippen LogP contribution in [0.4, 0.5) is 0 Å². The number of carbonyl (C=O) groups excluding carboxylic acids is 2. The topological polar surface area (TPSA) is 103 Å². The maximum atomic E-state index is 11.9. The molecule has 0 radical (unpaired) electrons. The molecular weight excluding hydrogens is 584 g/mol. The molecule has 2 N–H and O–H groups in total. The number of nitrogens with zero attached hydrogens (tertiary/aromatic N) is 2. The van der Waals surface area contributed by atoms with Crippen LogP contribution in [-0.4, -0.2) is 77.8 Å². The summed E-state index contributed by atoms with van der Waals surface area (Å²) >= 11 is 0. The Balaban J connectivity index is 0.909. The molecule has 4 rings (SSSR count). The molecule has 0 unspecified atom stereocenters. The van der Waals surface area contributed by atoms with E-state index in [0.29, 0.717) is 52.9 Å². The molecule has 0 saturated carbocycles. The van der Waals surface area contributed by atoms with Crippen LogP contribution >= 0.6 is 0 Å². The molecule has 242 valence electrons. The third kappa shape index (κ3) is 12.9. The van der Waals surface area contributed by atoms with Crippen LogP contribution < -0.4 is 19.8 Å². The average Bonchev–Trinajstić information content (AvgIpc) is 3.11. The van der Waals surface area contributed by atoms with Gasteiger partial charge in [0.2, 0.25) is 0 Å². The van der Waals surface area contributed by atoms with Crippen molar-refractivity contribution in [3.05, 3.63) is 110 Å². The Morgan fingerprint density at radius 1 is 0.435 bits per heavy atom. The summed E-state index contributed by atoms with van der Waals surface area (Å²) in [6.45, 7) is 5.37. The second kappa shape index (κ2) is 20.5. The first-order chi connectivity index (χ1) is 22.7. The van der Waals surface area contributed by atoms with Crippen molar-refractivity contribution in [2.24, 2.45) is 0 Å². The van der Waals surface area contributed by atoms with Crippen molar-refractivity contribution >= 4 is 11.8 Å². The van der Waals surface area contributed by atoms with Gasteiger partial charge in [-0.25, -0.2) is 9.13 Å². The summed E-state index contributed by atoms with van der Waals surface area (Å²) in [5.41, 5.74) is 4.73. The zero-order chi connectivity index (χ0) is 32.1. The molecule has 2 heterocycles. The number of aromatic nitrogens is 2. The monoisotopic (exact) mass is 628 g/mol. The SMILES string of the molecule is O=C(NCCOCCOCC[n+]1ccc(-c2ccccc2)cc1)C(=O)NCCOCCOCC[n+]1ccc(-c2ccccc2)cc1. The first-order valence-electron chi connectivity index (χ1n) is 15.6. The normalized spacial score (nSPS) is 10.9. The molecule has 0 aliphatic rings. The van der Waals surface area contributed by atoms with Gasteiger partial charge in [-0.1, -0.05) is 60.7 Å². The highest BCUT2D eigenvalue weighted by Gasteiger charge is 2.12. The molecule has 46 heavy (non-hydrogen) atoms. The van der Waals surface area contributed by atoms with Crippen LogP contribution in [0, 0.1) is 0 Å². The molecule has 0 bridgehead atoms. The number of nitrogens with one attached hydrogen (secondary N) is 2. The molecule has 10 nitrogen and oxygen atoms in total. The standard InChI is InChI=1S/C36H42N4O6/c41-35(37-15-23-43-27-29-45-25-21-39-17-11-33(12-18-39)31-7-3-1-4-8-31)36(42)38-16-24-44-28-30-46-26-22-40-19-13-34(14-20-40)32-9-5-2-6-10-32/h1-14,17-20H,15-16,21-30H2/p+2. The van der Waals surface area contributed by atoms with Crippen molar-refractivity contribution < 1.29 is 37.7 Å². The van der Waals surface area contributed by atoms with E-state index < -0.39 is 11.8 Å². The smallest absolute Gasteiger partial charge is 0.309 e. The Kier molecular flexibility index (Phi) is 15.4. The summed E-state index contributed by atoms with van der Waals surface area (Å²) in [5, 5.41) is 5.08. The Hall–Kier alpha value is -4.48. The summed E-state index contributed by atoms with van der Waals surface area (Å²) in [6.07, 6.45) is 8.16. The maximum absolute atomic E-state index is 11.9. The summed E-state index contributed by atoms with van der Waals surface area (Å²) in [7, 11) is 0. The predicted octanol–water partition coefficient (Wildman–Crippen LogP) is 2.59. The Morgan fingerprint density at radius 2 is 0.761 bits per heavy atom. The number of amides is 2. The molecule has 0 saturated heterocycles. The number of benzene rings is 2. The van der Waals surface area contributed by atoms with Gasteiger partial charge in [-0.05, 0) is 22.3 Å². The fourth-order valence-corrected chi connectivity index (χ4v) is 4.48. The lowest BCUT2D eigenvalue weighted by atomic mass is 10.1. The third-order valence-corrected chi connectivity index (χ3v) is 7.00. The van der Waals surface area contributed by atoms with E-state index in [1.165, 1.54) is 22.3 Å². The molecule has 0 atom stereocenters. The minimum Gasteiger partial charge on any atom is -0.377 e. The molecule has 10 heteroatoms. The molecule has 0 spiro atoms. The van der Waals surface area contributed by atoms with E-state index in [4.69, 9.17) is 18.9 Å². The van der Waals surface area contributed by atoms with Gasteiger partial charge in [0, 0.05) is 37.4 Å². The minimum atomic E-state index is -0.701. The van der Waals surface area contributed by atoms with Crippen molar-refractivity contribution in [2.45, 2.75) is 13.1 Å². The van der Waals surface area contributed by atoms with Gasteiger partial charge in [0.25, 0.3) is 0 Å². The van der Waals surface area contributed by atoms with Crippen molar-refractivity contribution in [3.63, 3.8) is 0 Å². The van der Waals surface area contributed by atoms with Gasteiger partial charge in [0.05, 0.1) is 39.6 Å². The molecule has 2 amide bonds. The van der Waals surface area contributed by atoms with Crippen LogP contribution in [0.1, 0.15) is 0 Å². The van der Waals surface area contributed by atoms with Crippen LogP contribution in [0.15, 0.2) is 110 Å². The quantitative estimate of drug-likeness (QED) is 0.0887. The summed E-state index contributed by atoms with van der Waals surface area (Å²) < 4.78 is 26.3. The minimum absolute atomic E-state index is 0.235. The van der Waals surface area contributed by atoms with E-state index in [2.05, 4.69) is 68.3 Å². The molecule has 4 aromatic rings. The average molecular weight is 629 g/mol. The van der Waals surface area contributed by atoms with E-state index in [0.717, 1.165) is 13.1 Å². The van der Waals surface area contributed by atoms with Gasteiger partial charge in [0.15, 0.2) is 37.9 Å². The second-order valence-corrected chi connectivity index (χ2v) is 10.3. The molecule has 2 aromatic carbocycles. The lowest BCUT2D eigenvalue weighted by molar-refractivity contribution is -0.698. The largest absolute Gasteiger partial charge is 0.377 e. The molecule has 2 aromatic heterocycles. The molecule has 0 aliphatic heterocycles. The molecule has 0 aliphatic carbocycles. The summed E-state index contributed by atoms with van der Waals surface area (Å²) in [4.78, 5) is 23.9. The number of carbonyl (C=O) groups is 2. The summed E-state index contributed by atoms with van der Waals surface area (Å²) in [6, 6.07) is 28.9.